The zero-order chi connectivity index (χ0) is 9.97. The highest BCUT2D eigenvalue weighted by Gasteiger charge is 2.27. The highest BCUT2D eigenvalue weighted by molar-refractivity contribution is 5.88. The molecule has 1 saturated carbocycles. The third-order valence-electron chi connectivity index (χ3n) is 2.76. The molecule has 0 amide bonds. The van der Waals surface area contributed by atoms with Gasteiger partial charge in [0.05, 0.1) is 11.6 Å². The standard InChI is InChI=1S/C12H11NO/c13-8-9-4-1-2-5-10(9)11-6-3-7-12(11)14/h1-2,4-5,11H,3,6-7H2. The Kier molecular flexibility index (Phi) is 2.32. The van der Waals surface area contributed by atoms with E-state index in [0.29, 0.717) is 12.0 Å². The zero-order valence-corrected chi connectivity index (χ0v) is 7.86. The van der Waals surface area contributed by atoms with E-state index in [4.69, 9.17) is 5.26 Å². The van der Waals surface area contributed by atoms with Crippen molar-refractivity contribution in [2.24, 2.45) is 0 Å². The summed E-state index contributed by atoms with van der Waals surface area (Å²) in [5.41, 5.74) is 1.56. The molecule has 1 aromatic rings. The Hall–Kier alpha value is -1.62. The van der Waals surface area contributed by atoms with Crippen LogP contribution in [0.2, 0.25) is 0 Å². The number of hydrogen-bond donors (Lipinski definition) is 0. The van der Waals surface area contributed by atoms with Gasteiger partial charge >= 0.3 is 0 Å². The Morgan fingerprint density at radius 1 is 1.36 bits per heavy atom. The molecule has 70 valence electrons. The number of hydrogen-bond acceptors (Lipinski definition) is 2. The molecule has 1 aliphatic rings. The van der Waals surface area contributed by atoms with E-state index in [2.05, 4.69) is 6.07 Å². The van der Waals surface area contributed by atoms with Gasteiger partial charge < -0.3 is 0 Å². The van der Waals surface area contributed by atoms with Crippen LogP contribution >= 0.6 is 0 Å². The summed E-state index contributed by atoms with van der Waals surface area (Å²) >= 11 is 0. The third-order valence-corrected chi connectivity index (χ3v) is 2.76. The molecule has 0 saturated heterocycles. The minimum absolute atomic E-state index is 0.0224. The van der Waals surface area contributed by atoms with Crippen LogP contribution < -0.4 is 0 Å². The molecule has 1 atom stereocenters. The number of ketones is 1. The molecule has 14 heavy (non-hydrogen) atoms. The average Bonchev–Trinajstić information content (AvgIpc) is 2.64. The fourth-order valence-electron chi connectivity index (χ4n) is 2.05. The van der Waals surface area contributed by atoms with Crippen LogP contribution in [0.4, 0.5) is 0 Å². The van der Waals surface area contributed by atoms with Crippen LogP contribution in [-0.2, 0) is 4.79 Å². The molecule has 1 fully saturated rings. The smallest absolute Gasteiger partial charge is 0.140 e. The third kappa shape index (κ3) is 1.42. The van der Waals surface area contributed by atoms with E-state index in [1.807, 2.05) is 18.2 Å². The molecule has 1 aliphatic carbocycles. The van der Waals surface area contributed by atoms with Gasteiger partial charge in [-0.15, -0.1) is 0 Å². The van der Waals surface area contributed by atoms with Crippen molar-refractivity contribution in [1.82, 2.24) is 0 Å². The molecule has 2 rings (SSSR count). The van der Waals surface area contributed by atoms with E-state index in [1.165, 1.54) is 0 Å². The molecule has 0 heterocycles. The summed E-state index contributed by atoms with van der Waals surface area (Å²) in [7, 11) is 0. The van der Waals surface area contributed by atoms with Crippen molar-refractivity contribution < 1.29 is 4.79 Å². The molecule has 0 radical (unpaired) electrons. The first-order valence-corrected chi connectivity index (χ1v) is 4.84. The molecule has 0 bridgehead atoms. The lowest BCUT2D eigenvalue weighted by atomic mass is 9.93. The van der Waals surface area contributed by atoms with Gasteiger partial charge in [0, 0.05) is 12.3 Å². The molecule has 0 aliphatic heterocycles. The van der Waals surface area contributed by atoms with Crippen LogP contribution in [0.15, 0.2) is 24.3 Å². The van der Waals surface area contributed by atoms with Crippen molar-refractivity contribution in [3.05, 3.63) is 35.4 Å². The van der Waals surface area contributed by atoms with Crippen LogP contribution in [0.5, 0.6) is 0 Å². The van der Waals surface area contributed by atoms with Crippen molar-refractivity contribution in [2.45, 2.75) is 25.2 Å². The second-order valence-corrected chi connectivity index (χ2v) is 3.61. The van der Waals surface area contributed by atoms with Crippen molar-refractivity contribution in [3.63, 3.8) is 0 Å². The van der Waals surface area contributed by atoms with Gasteiger partial charge in [-0.2, -0.15) is 5.26 Å². The number of carbonyl (C=O) groups is 1. The maximum Gasteiger partial charge on any atom is 0.140 e. The Morgan fingerprint density at radius 3 is 2.79 bits per heavy atom. The van der Waals surface area contributed by atoms with Gasteiger partial charge in [0.1, 0.15) is 5.78 Å². The predicted octanol–water partition coefficient (Wildman–Crippen LogP) is 2.39. The van der Waals surface area contributed by atoms with Gasteiger partial charge in [-0.05, 0) is 24.5 Å². The van der Waals surface area contributed by atoms with Crippen molar-refractivity contribution in [3.8, 4) is 6.07 Å². The van der Waals surface area contributed by atoms with Gasteiger partial charge in [-0.25, -0.2) is 0 Å². The maximum atomic E-state index is 11.5. The first-order chi connectivity index (χ1) is 6.83. The Morgan fingerprint density at radius 2 is 2.14 bits per heavy atom. The Labute approximate surface area is 83.2 Å². The van der Waals surface area contributed by atoms with Crippen molar-refractivity contribution in [2.75, 3.05) is 0 Å². The largest absolute Gasteiger partial charge is 0.299 e. The lowest BCUT2D eigenvalue weighted by Crippen LogP contribution is -2.05. The maximum absolute atomic E-state index is 11.5. The van der Waals surface area contributed by atoms with Crippen LogP contribution in [-0.4, -0.2) is 5.78 Å². The zero-order valence-electron chi connectivity index (χ0n) is 7.86. The van der Waals surface area contributed by atoms with Gasteiger partial charge in [0.25, 0.3) is 0 Å². The van der Waals surface area contributed by atoms with E-state index in [-0.39, 0.29) is 11.7 Å². The van der Waals surface area contributed by atoms with Crippen LogP contribution in [0.3, 0.4) is 0 Å². The summed E-state index contributed by atoms with van der Waals surface area (Å²) in [6.45, 7) is 0. The second-order valence-electron chi connectivity index (χ2n) is 3.61. The summed E-state index contributed by atoms with van der Waals surface area (Å²) < 4.78 is 0. The minimum atomic E-state index is -0.0224. The Bertz CT molecular complexity index is 403. The number of benzene rings is 1. The first-order valence-electron chi connectivity index (χ1n) is 4.84. The Balaban J connectivity index is 2.41. The number of nitrogens with zero attached hydrogens (tertiary/aromatic N) is 1. The normalized spacial score (nSPS) is 20.8. The van der Waals surface area contributed by atoms with Gasteiger partial charge in [0.2, 0.25) is 0 Å². The number of Topliss-reactive ketones (excluding diaryl/α,β-unsaturated/α-hetero) is 1. The monoisotopic (exact) mass is 185 g/mol. The molecular formula is C12H11NO. The quantitative estimate of drug-likeness (QED) is 0.674. The molecule has 2 heteroatoms. The van der Waals surface area contributed by atoms with Gasteiger partial charge in [0.15, 0.2) is 0 Å². The number of carbonyl (C=O) groups excluding carboxylic acids is 1. The van der Waals surface area contributed by atoms with E-state index >= 15 is 0 Å². The van der Waals surface area contributed by atoms with Gasteiger partial charge in [-0.1, -0.05) is 18.2 Å². The molecule has 1 aromatic carbocycles. The van der Waals surface area contributed by atoms with Crippen LogP contribution in [0.1, 0.15) is 36.3 Å². The summed E-state index contributed by atoms with van der Waals surface area (Å²) in [6, 6.07) is 9.54. The average molecular weight is 185 g/mol. The van der Waals surface area contributed by atoms with Crippen molar-refractivity contribution >= 4 is 5.78 Å². The minimum Gasteiger partial charge on any atom is -0.299 e. The van der Waals surface area contributed by atoms with Crippen LogP contribution in [0, 0.1) is 11.3 Å². The predicted molar refractivity (Wildman–Crippen MR) is 52.8 cm³/mol. The summed E-state index contributed by atoms with van der Waals surface area (Å²) in [6.07, 6.45) is 2.53. The molecule has 0 aromatic heterocycles. The second kappa shape index (κ2) is 3.63. The van der Waals surface area contributed by atoms with E-state index in [1.54, 1.807) is 6.07 Å². The lowest BCUT2D eigenvalue weighted by molar-refractivity contribution is -0.118. The van der Waals surface area contributed by atoms with E-state index in [0.717, 1.165) is 18.4 Å². The molecule has 1 unspecified atom stereocenters. The molecule has 0 spiro atoms. The first kappa shape index (κ1) is 8.96. The highest BCUT2D eigenvalue weighted by atomic mass is 16.1. The number of nitriles is 1. The van der Waals surface area contributed by atoms with E-state index < -0.39 is 0 Å². The van der Waals surface area contributed by atoms with Crippen molar-refractivity contribution in [1.29, 1.82) is 5.26 Å². The van der Waals surface area contributed by atoms with Gasteiger partial charge in [-0.3, -0.25) is 4.79 Å². The fraction of sp³-hybridized carbons (Fsp3) is 0.333. The highest BCUT2D eigenvalue weighted by Crippen LogP contribution is 2.32. The summed E-state index contributed by atoms with van der Waals surface area (Å²) in [4.78, 5) is 11.5. The lowest BCUT2D eigenvalue weighted by Gasteiger charge is -2.09. The topological polar surface area (TPSA) is 40.9 Å². The summed E-state index contributed by atoms with van der Waals surface area (Å²) in [5.74, 6) is 0.263. The molecule has 2 nitrogen and oxygen atoms in total. The molecule has 0 N–H and O–H groups in total. The number of rotatable bonds is 1. The SMILES string of the molecule is N#Cc1ccccc1C1CCCC1=O. The van der Waals surface area contributed by atoms with E-state index in [9.17, 15) is 4.79 Å². The molecular weight excluding hydrogens is 174 g/mol. The fourth-order valence-corrected chi connectivity index (χ4v) is 2.05. The summed E-state index contributed by atoms with van der Waals surface area (Å²) in [5, 5.41) is 8.90. The van der Waals surface area contributed by atoms with Crippen LogP contribution in [0.25, 0.3) is 0 Å².